The van der Waals surface area contributed by atoms with Gasteiger partial charge in [-0.25, -0.2) is 0 Å². The number of nitrogens with one attached hydrogen (secondary N) is 1. The number of ether oxygens (including phenoxy) is 3. The minimum atomic E-state index is -0.299. The van der Waals surface area contributed by atoms with Crippen molar-refractivity contribution in [3.8, 4) is 17.4 Å². The Morgan fingerprint density at radius 1 is 1.15 bits per heavy atom. The van der Waals surface area contributed by atoms with Gasteiger partial charge in [-0.2, -0.15) is 0 Å². The second-order valence-corrected chi connectivity index (χ2v) is 7.19. The highest BCUT2D eigenvalue weighted by Crippen LogP contribution is 2.30. The van der Waals surface area contributed by atoms with Crippen molar-refractivity contribution < 1.29 is 19.0 Å². The van der Waals surface area contributed by atoms with Gasteiger partial charge in [-0.3, -0.25) is 9.48 Å². The molecule has 0 spiro atoms. The van der Waals surface area contributed by atoms with Gasteiger partial charge in [0.05, 0.1) is 26.5 Å². The summed E-state index contributed by atoms with van der Waals surface area (Å²) in [7, 11) is 3.12. The van der Waals surface area contributed by atoms with Crippen LogP contribution < -0.4 is 19.5 Å². The maximum absolute atomic E-state index is 12.9. The summed E-state index contributed by atoms with van der Waals surface area (Å²) in [5, 5.41) is 7.31. The van der Waals surface area contributed by atoms with Gasteiger partial charge in [-0.1, -0.05) is 27.7 Å². The molecule has 1 heterocycles. The fourth-order valence-corrected chi connectivity index (χ4v) is 2.47. The fraction of sp³-hybridized carbons (Fsp3) is 0.500. The topological polar surface area (TPSA) is 74.6 Å². The van der Waals surface area contributed by atoms with E-state index in [0.29, 0.717) is 53.6 Å². The van der Waals surface area contributed by atoms with Crippen LogP contribution in [-0.4, -0.2) is 36.5 Å². The van der Waals surface area contributed by atoms with Crippen LogP contribution in [0.25, 0.3) is 0 Å². The van der Waals surface area contributed by atoms with E-state index >= 15 is 0 Å². The quantitative estimate of drug-likeness (QED) is 0.721. The van der Waals surface area contributed by atoms with E-state index in [4.69, 9.17) is 14.2 Å². The number of aromatic nitrogens is 2. The number of benzene rings is 1. The molecule has 1 aromatic heterocycles. The lowest BCUT2D eigenvalue weighted by molar-refractivity contribution is 0.102. The first kappa shape index (κ1) is 20.6. The Balaban J connectivity index is 2.27. The fourth-order valence-electron chi connectivity index (χ4n) is 2.47. The van der Waals surface area contributed by atoms with Gasteiger partial charge in [0.1, 0.15) is 17.1 Å². The summed E-state index contributed by atoms with van der Waals surface area (Å²) >= 11 is 0. The summed E-state index contributed by atoms with van der Waals surface area (Å²) in [4.78, 5) is 12.9. The summed E-state index contributed by atoms with van der Waals surface area (Å²) in [6.45, 7) is 9.48. The smallest absolute Gasteiger partial charge is 0.262 e. The zero-order valence-corrected chi connectivity index (χ0v) is 16.9. The highest BCUT2D eigenvalue weighted by molar-refractivity contribution is 6.06. The minimum Gasteiger partial charge on any atom is -0.497 e. The van der Waals surface area contributed by atoms with Crippen molar-refractivity contribution in [2.45, 2.75) is 34.2 Å². The molecule has 0 bridgehead atoms. The zero-order valence-electron chi connectivity index (χ0n) is 16.9. The first-order chi connectivity index (χ1) is 12.8. The Kier molecular flexibility index (Phi) is 7.10. The Labute approximate surface area is 160 Å². The van der Waals surface area contributed by atoms with Crippen molar-refractivity contribution in [3.05, 3.63) is 30.0 Å². The third-order valence-corrected chi connectivity index (χ3v) is 3.73. The predicted octanol–water partition coefficient (Wildman–Crippen LogP) is 3.84. The van der Waals surface area contributed by atoms with Crippen molar-refractivity contribution in [1.29, 1.82) is 0 Å². The van der Waals surface area contributed by atoms with Gasteiger partial charge >= 0.3 is 0 Å². The molecule has 0 saturated carbocycles. The molecule has 0 fully saturated rings. The molecule has 1 N–H and O–H groups in total. The van der Waals surface area contributed by atoms with E-state index in [2.05, 4.69) is 24.3 Å². The van der Waals surface area contributed by atoms with E-state index in [-0.39, 0.29) is 5.91 Å². The van der Waals surface area contributed by atoms with Crippen LogP contribution in [0.5, 0.6) is 17.4 Å². The normalized spacial score (nSPS) is 11.0. The number of anilines is 1. The standard InChI is InChI=1S/C20H29N3O4/c1-13(2)10-23-11-16(20(22-23)27-12-14(3)4)19(24)21-17-8-7-15(25-5)9-18(17)26-6/h7-9,11,13-14H,10,12H2,1-6H3,(H,21,24). The summed E-state index contributed by atoms with van der Waals surface area (Å²) in [6.07, 6.45) is 1.72. The molecule has 0 aliphatic heterocycles. The molecule has 0 unspecified atom stereocenters. The number of hydrogen-bond acceptors (Lipinski definition) is 5. The second-order valence-electron chi connectivity index (χ2n) is 7.19. The van der Waals surface area contributed by atoms with Gasteiger partial charge in [0.2, 0.25) is 5.88 Å². The third kappa shape index (κ3) is 5.64. The van der Waals surface area contributed by atoms with E-state index in [9.17, 15) is 4.79 Å². The second kappa shape index (κ2) is 9.30. The first-order valence-corrected chi connectivity index (χ1v) is 9.07. The van der Waals surface area contributed by atoms with Crippen molar-refractivity contribution in [2.24, 2.45) is 11.8 Å². The van der Waals surface area contributed by atoms with Gasteiger partial charge in [-0.15, -0.1) is 5.10 Å². The average Bonchev–Trinajstić information content (AvgIpc) is 3.02. The molecule has 27 heavy (non-hydrogen) atoms. The average molecular weight is 375 g/mol. The predicted molar refractivity (Wildman–Crippen MR) is 105 cm³/mol. The maximum Gasteiger partial charge on any atom is 0.262 e. The molecule has 2 aromatic rings. The maximum atomic E-state index is 12.9. The monoisotopic (exact) mass is 375 g/mol. The van der Waals surface area contributed by atoms with Gasteiger partial charge < -0.3 is 19.5 Å². The molecule has 0 radical (unpaired) electrons. The Morgan fingerprint density at radius 3 is 2.48 bits per heavy atom. The Hall–Kier alpha value is -2.70. The van der Waals surface area contributed by atoms with Gasteiger partial charge in [0.25, 0.3) is 5.91 Å². The summed E-state index contributed by atoms with van der Waals surface area (Å²) in [5.74, 6) is 1.94. The van der Waals surface area contributed by atoms with Crippen LogP contribution in [0.2, 0.25) is 0 Å². The van der Waals surface area contributed by atoms with Crippen LogP contribution in [0, 0.1) is 11.8 Å². The molecule has 7 heteroatoms. The summed E-state index contributed by atoms with van der Waals surface area (Å²) < 4.78 is 18.1. The molecule has 0 aliphatic rings. The number of nitrogens with zero attached hydrogens (tertiary/aromatic N) is 2. The van der Waals surface area contributed by atoms with Crippen molar-refractivity contribution in [3.63, 3.8) is 0 Å². The first-order valence-electron chi connectivity index (χ1n) is 9.07. The SMILES string of the molecule is COc1ccc(NC(=O)c2cn(CC(C)C)nc2OCC(C)C)c(OC)c1. The van der Waals surface area contributed by atoms with Crippen LogP contribution in [0.4, 0.5) is 5.69 Å². The molecule has 1 aromatic carbocycles. The lowest BCUT2D eigenvalue weighted by Gasteiger charge is -2.12. The number of methoxy groups -OCH3 is 2. The molecular weight excluding hydrogens is 346 g/mol. The summed E-state index contributed by atoms with van der Waals surface area (Å²) in [6, 6.07) is 5.22. The van der Waals surface area contributed by atoms with Crippen LogP contribution in [0.15, 0.2) is 24.4 Å². The largest absolute Gasteiger partial charge is 0.497 e. The molecule has 2 rings (SSSR count). The van der Waals surface area contributed by atoms with Gasteiger partial charge in [0.15, 0.2) is 0 Å². The number of hydrogen-bond donors (Lipinski definition) is 1. The molecule has 0 saturated heterocycles. The lowest BCUT2D eigenvalue weighted by Crippen LogP contribution is -2.14. The third-order valence-electron chi connectivity index (χ3n) is 3.73. The van der Waals surface area contributed by atoms with Crippen molar-refractivity contribution in [1.82, 2.24) is 9.78 Å². The van der Waals surface area contributed by atoms with Crippen LogP contribution >= 0.6 is 0 Å². The molecule has 1 amide bonds. The molecule has 0 aliphatic carbocycles. The number of amides is 1. The van der Waals surface area contributed by atoms with Crippen LogP contribution in [-0.2, 0) is 6.54 Å². The van der Waals surface area contributed by atoms with E-state index < -0.39 is 0 Å². The van der Waals surface area contributed by atoms with Crippen LogP contribution in [0.1, 0.15) is 38.1 Å². The van der Waals surface area contributed by atoms with Gasteiger partial charge in [-0.05, 0) is 24.0 Å². The van der Waals surface area contributed by atoms with E-state index in [1.54, 1.807) is 43.3 Å². The summed E-state index contributed by atoms with van der Waals surface area (Å²) in [5.41, 5.74) is 0.948. The molecule has 7 nitrogen and oxygen atoms in total. The highest BCUT2D eigenvalue weighted by Gasteiger charge is 2.20. The van der Waals surface area contributed by atoms with Crippen molar-refractivity contribution in [2.75, 3.05) is 26.1 Å². The van der Waals surface area contributed by atoms with E-state index in [1.165, 1.54) is 0 Å². The molecule has 0 atom stereocenters. The lowest BCUT2D eigenvalue weighted by atomic mass is 10.2. The van der Waals surface area contributed by atoms with Crippen LogP contribution in [0.3, 0.4) is 0 Å². The van der Waals surface area contributed by atoms with Crippen molar-refractivity contribution >= 4 is 11.6 Å². The highest BCUT2D eigenvalue weighted by atomic mass is 16.5. The number of carbonyl (C=O) groups is 1. The Bertz CT molecular complexity index is 769. The van der Waals surface area contributed by atoms with Gasteiger partial charge in [0, 0.05) is 18.8 Å². The molecule has 148 valence electrons. The minimum absolute atomic E-state index is 0.299. The van der Waals surface area contributed by atoms with E-state index in [0.717, 1.165) is 0 Å². The zero-order chi connectivity index (χ0) is 20.0. The Morgan fingerprint density at radius 2 is 1.89 bits per heavy atom. The molecular formula is C20H29N3O4. The van der Waals surface area contributed by atoms with E-state index in [1.807, 2.05) is 13.8 Å². The number of carbonyl (C=O) groups excluding carboxylic acids is 1. The number of rotatable bonds is 9.